The molecule has 1 N–H and O–H groups in total. The predicted octanol–water partition coefficient (Wildman–Crippen LogP) is 2.36. The van der Waals surface area contributed by atoms with Crippen LogP contribution in [0, 0.1) is 0 Å². The molecule has 0 aliphatic rings. The summed E-state index contributed by atoms with van der Waals surface area (Å²) < 4.78 is 27.5. The maximum Gasteiger partial charge on any atom is 0.261 e. The number of sulfonamides is 1. The summed E-state index contributed by atoms with van der Waals surface area (Å²) in [6.07, 6.45) is 0.888. The average molecular weight is 332 g/mol. The van der Waals surface area contributed by atoms with Gasteiger partial charge < -0.3 is 9.90 Å². The first-order valence-electron chi connectivity index (χ1n) is 7.28. The molecule has 0 aromatic heterocycles. The Morgan fingerprint density at radius 3 is 2.30 bits per heavy atom. The van der Waals surface area contributed by atoms with Gasteiger partial charge in [0.2, 0.25) is 0 Å². The van der Waals surface area contributed by atoms with Gasteiger partial charge in [0.25, 0.3) is 10.0 Å². The summed E-state index contributed by atoms with van der Waals surface area (Å²) in [6, 6.07) is 12.2. The largest absolute Gasteiger partial charge is 0.545 e. The highest BCUT2D eigenvalue weighted by molar-refractivity contribution is 7.92. The Bertz CT molecular complexity index is 798. The molecule has 1 atom stereocenters. The Hall–Kier alpha value is -2.34. The van der Waals surface area contributed by atoms with Crippen LogP contribution < -0.4 is 9.83 Å². The van der Waals surface area contributed by atoms with Crippen LogP contribution in [0.5, 0.6) is 0 Å². The third-order valence-corrected chi connectivity index (χ3v) is 5.13. The monoisotopic (exact) mass is 332 g/mol. The van der Waals surface area contributed by atoms with Crippen LogP contribution in [0.15, 0.2) is 53.4 Å². The van der Waals surface area contributed by atoms with Gasteiger partial charge in [-0.05, 0) is 41.7 Å². The molecule has 0 unspecified atom stereocenters. The third kappa shape index (κ3) is 3.90. The molecule has 5 nitrogen and oxygen atoms in total. The van der Waals surface area contributed by atoms with Crippen LogP contribution in [-0.2, 0) is 10.0 Å². The number of carboxylic acids is 1. The van der Waals surface area contributed by atoms with E-state index in [1.807, 2.05) is 26.0 Å². The Morgan fingerprint density at radius 1 is 1.13 bits per heavy atom. The maximum absolute atomic E-state index is 12.5. The van der Waals surface area contributed by atoms with Crippen LogP contribution in [0.1, 0.15) is 42.1 Å². The lowest BCUT2D eigenvalue weighted by atomic mass is 9.97. The molecule has 2 aromatic carbocycles. The molecular weight excluding hydrogens is 314 g/mol. The Labute approximate surface area is 136 Å². The molecule has 0 radical (unpaired) electrons. The number of nitrogens with one attached hydrogen (secondary N) is 1. The van der Waals surface area contributed by atoms with Gasteiger partial charge in [-0.3, -0.25) is 4.72 Å². The predicted molar refractivity (Wildman–Crippen MR) is 86.7 cm³/mol. The van der Waals surface area contributed by atoms with E-state index in [9.17, 15) is 18.3 Å². The first kappa shape index (κ1) is 17.0. The zero-order chi connectivity index (χ0) is 17.0. The minimum atomic E-state index is -3.78. The molecule has 0 amide bonds. The van der Waals surface area contributed by atoms with Crippen molar-refractivity contribution in [3.05, 3.63) is 59.7 Å². The number of hydrogen-bond acceptors (Lipinski definition) is 4. The van der Waals surface area contributed by atoms with E-state index < -0.39 is 16.0 Å². The number of benzene rings is 2. The molecule has 2 rings (SSSR count). The van der Waals surface area contributed by atoms with Gasteiger partial charge >= 0.3 is 0 Å². The van der Waals surface area contributed by atoms with E-state index in [0.717, 1.165) is 12.0 Å². The van der Waals surface area contributed by atoms with Crippen molar-refractivity contribution in [3.63, 3.8) is 0 Å². The van der Waals surface area contributed by atoms with Crippen molar-refractivity contribution >= 4 is 21.7 Å². The SMILES string of the molecule is CC[C@H](C)c1ccccc1NS(=O)(=O)c1ccc(C(=O)[O-])cc1. The van der Waals surface area contributed by atoms with E-state index in [1.54, 1.807) is 12.1 Å². The number of para-hydroxylation sites is 1. The summed E-state index contributed by atoms with van der Waals surface area (Å²) >= 11 is 0. The summed E-state index contributed by atoms with van der Waals surface area (Å²) in [4.78, 5) is 10.7. The molecule has 0 saturated carbocycles. The standard InChI is InChI=1S/C17H19NO4S/c1-3-12(2)15-6-4-5-7-16(15)18-23(21,22)14-10-8-13(9-11-14)17(19)20/h4-12,18H,3H2,1-2H3,(H,19,20)/p-1/t12-/m0/s1. The van der Waals surface area contributed by atoms with Gasteiger partial charge in [0.15, 0.2) is 0 Å². The van der Waals surface area contributed by atoms with Gasteiger partial charge in [-0.2, -0.15) is 0 Å². The molecule has 2 aromatic rings. The molecule has 0 bridgehead atoms. The highest BCUT2D eigenvalue weighted by Gasteiger charge is 2.17. The van der Waals surface area contributed by atoms with E-state index >= 15 is 0 Å². The summed E-state index contributed by atoms with van der Waals surface area (Å²) in [5.41, 5.74) is 1.39. The van der Waals surface area contributed by atoms with Crippen LogP contribution in [0.4, 0.5) is 5.69 Å². The smallest absolute Gasteiger partial charge is 0.261 e. The van der Waals surface area contributed by atoms with Crippen molar-refractivity contribution in [3.8, 4) is 0 Å². The van der Waals surface area contributed by atoms with Crippen molar-refractivity contribution in [2.24, 2.45) is 0 Å². The Kier molecular flexibility index (Phi) is 5.05. The topological polar surface area (TPSA) is 86.3 Å². The lowest BCUT2D eigenvalue weighted by molar-refractivity contribution is -0.255. The molecule has 23 heavy (non-hydrogen) atoms. The minimum Gasteiger partial charge on any atom is -0.545 e. The van der Waals surface area contributed by atoms with Gasteiger partial charge in [0.1, 0.15) is 0 Å². The van der Waals surface area contributed by atoms with Gasteiger partial charge in [-0.15, -0.1) is 0 Å². The summed E-state index contributed by atoms with van der Waals surface area (Å²) in [6.45, 7) is 4.07. The third-order valence-electron chi connectivity index (χ3n) is 3.75. The fourth-order valence-electron chi connectivity index (χ4n) is 2.21. The van der Waals surface area contributed by atoms with Gasteiger partial charge in [-0.1, -0.05) is 44.2 Å². The average Bonchev–Trinajstić information content (AvgIpc) is 2.54. The van der Waals surface area contributed by atoms with Crippen molar-refractivity contribution in [1.82, 2.24) is 0 Å². The van der Waals surface area contributed by atoms with Crippen LogP contribution in [0.3, 0.4) is 0 Å². The lowest BCUT2D eigenvalue weighted by Gasteiger charge is -2.16. The van der Waals surface area contributed by atoms with Crippen LogP contribution in [0.25, 0.3) is 0 Å². The lowest BCUT2D eigenvalue weighted by Crippen LogP contribution is -2.22. The van der Waals surface area contributed by atoms with Crippen LogP contribution >= 0.6 is 0 Å². The Morgan fingerprint density at radius 2 is 1.74 bits per heavy atom. The number of carbonyl (C=O) groups is 1. The molecule has 0 saturated heterocycles. The quantitative estimate of drug-likeness (QED) is 0.880. The maximum atomic E-state index is 12.5. The normalized spacial score (nSPS) is 12.6. The molecule has 0 aliphatic carbocycles. The number of aromatic carboxylic acids is 1. The second kappa shape index (κ2) is 6.83. The molecule has 0 fully saturated rings. The van der Waals surface area contributed by atoms with E-state index in [2.05, 4.69) is 4.72 Å². The number of rotatable bonds is 6. The van der Waals surface area contributed by atoms with Gasteiger partial charge in [0.05, 0.1) is 16.6 Å². The summed E-state index contributed by atoms with van der Waals surface area (Å²) in [7, 11) is -3.78. The van der Waals surface area contributed by atoms with E-state index in [1.165, 1.54) is 24.3 Å². The highest BCUT2D eigenvalue weighted by Crippen LogP contribution is 2.28. The minimum absolute atomic E-state index is 0.00135. The van der Waals surface area contributed by atoms with Crippen LogP contribution in [0.2, 0.25) is 0 Å². The van der Waals surface area contributed by atoms with Gasteiger partial charge in [-0.25, -0.2) is 8.42 Å². The molecule has 122 valence electrons. The van der Waals surface area contributed by atoms with Crippen molar-refractivity contribution in [2.45, 2.75) is 31.1 Å². The summed E-state index contributed by atoms with van der Waals surface area (Å²) in [5.74, 6) is -1.13. The summed E-state index contributed by atoms with van der Waals surface area (Å²) in [5, 5.41) is 10.7. The molecule has 6 heteroatoms. The fourth-order valence-corrected chi connectivity index (χ4v) is 3.30. The van der Waals surface area contributed by atoms with Crippen molar-refractivity contribution in [2.75, 3.05) is 4.72 Å². The number of anilines is 1. The zero-order valence-electron chi connectivity index (χ0n) is 12.9. The van der Waals surface area contributed by atoms with E-state index in [-0.39, 0.29) is 16.4 Å². The fraction of sp³-hybridized carbons (Fsp3) is 0.235. The van der Waals surface area contributed by atoms with E-state index in [4.69, 9.17) is 0 Å². The number of hydrogen-bond donors (Lipinski definition) is 1. The number of carboxylic acid groups (broad SMARTS) is 1. The second-order valence-corrected chi connectivity index (χ2v) is 7.00. The zero-order valence-corrected chi connectivity index (χ0v) is 13.8. The first-order valence-corrected chi connectivity index (χ1v) is 8.76. The first-order chi connectivity index (χ1) is 10.8. The number of carbonyl (C=O) groups excluding carboxylic acids is 1. The molecule has 0 aliphatic heterocycles. The highest BCUT2D eigenvalue weighted by atomic mass is 32.2. The van der Waals surface area contributed by atoms with E-state index in [0.29, 0.717) is 5.69 Å². The second-order valence-electron chi connectivity index (χ2n) is 5.31. The Balaban J connectivity index is 2.33. The molecule has 0 spiro atoms. The van der Waals surface area contributed by atoms with Crippen molar-refractivity contribution in [1.29, 1.82) is 0 Å². The van der Waals surface area contributed by atoms with Crippen molar-refractivity contribution < 1.29 is 18.3 Å². The van der Waals surface area contributed by atoms with Gasteiger partial charge in [0, 0.05) is 0 Å². The molecule has 0 heterocycles. The van der Waals surface area contributed by atoms with Crippen LogP contribution in [-0.4, -0.2) is 14.4 Å². The molecular formula is C17H18NO4S-.